The van der Waals surface area contributed by atoms with Crippen LogP contribution in [0.3, 0.4) is 0 Å². The van der Waals surface area contributed by atoms with Gasteiger partial charge in [-0.15, -0.1) is 0 Å². The van der Waals surface area contributed by atoms with Crippen molar-refractivity contribution in [1.82, 2.24) is 14.8 Å². The first-order valence-corrected chi connectivity index (χ1v) is 9.92. The van der Waals surface area contributed by atoms with Crippen LogP contribution in [0.25, 0.3) is 0 Å². The predicted molar refractivity (Wildman–Crippen MR) is 112 cm³/mol. The Balaban J connectivity index is 1.82. The molecule has 0 aliphatic carbocycles. The fraction of sp³-hybridized carbons (Fsp3) is 0.348. The third-order valence-corrected chi connectivity index (χ3v) is 5.52. The fourth-order valence-electron chi connectivity index (χ4n) is 3.90. The quantitative estimate of drug-likeness (QED) is 0.666. The van der Waals surface area contributed by atoms with E-state index in [1.54, 1.807) is 7.11 Å². The Morgan fingerprint density at radius 1 is 1.03 bits per heavy atom. The van der Waals surface area contributed by atoms with Gasteiger partial charge >= 0.3 is 0 Å². The number of fused-ring (bicyclic) bond motifs is 1. The number of carbonyl (C=O) groups is 1. The van der Waals surface area contributed by atoms with E-state index >= 15 is 0 Å². The van der Waals surface area contributed by atoms with Crippen LogP contribution in [-0.2, 0) is 4.79 Å². The SMILES string of the molecule is COc1ccc([C@@H]2C[C@@H](c3ccc(C)cc3)n3ncnc3N2C(=O)C(C)C)cc1. The Morgan fingerprint density at radius 2 is 1.66 bits per heavy atom. The number of aromatic nitrogens is 3. The van der Waals surface area contributed by atoms with Gasteiger partial charge in [0.25, 0.3) is 0 Å². The minimum atomic E-state index is -0.142. The molecule has 0 saturated carbocycles. The van der Waals surface area contributed by atoms with E-state index in [4.69, 9.17) is 4.74 Å². The molecule has 150 valence electrons. The summed E-state index contributed by atoms with van der Waals surface area (Å²) in [6, 6.07) is 16.3. The van der Waals surface area contributed by atoms with E-state index in [1.807, 2.05) is 47.7 Å². The van der Waals surface area contributed by atoms with E-state index < -0.39 is 0 Å². The second kappa shape index (κ2) is 7.70. The number of hydrogen-bond acceptors (Lipinski definition) is 4. The summed E-state index contributed by atoms with van der Waals surface area (Å²) in [5, 5.41) is 4.48. The van der Waals surface area contributed by atoms with Gasteiger partial charge in [0.1, 0.15) is 12.1 Å². The minimum Gasteiger partial charge on any atom is -0.497 e. The molecule has 0 unspecified atom stereocenters. The van der Waals surface area contributed by atoms with Crippen LogP contribution in [0.4, 0.5) is 5.95 Å². The standard InChI is InChI=1S/C23H26N4O2/c1-15(2)22(28)26-20(17-9-11-19(29-4)12-10-17)13-21(27-23(26)24-14-25-27)18-7-5-16(3)6-8-18/h5-12,14-15,20-21H,13H2,1-4H3/t20-,21-/m0/s1. The van der Waals surface area contributed by atoms with Gasteiger partial charge in [0.15, 0.2) is 0 Å². The summed E-state index contributed by atoms with van der Waals surface area (Å²) in [7, 11) is 1.65. The summed E-state index contributed by atoms with van der Waals surface area (Å²) >= 11 is 0. The second-order valence-electron chi connectivity index (χ2n) is 7.82. The van der Waals surface area contributed by atoms with Crippen molar-refractivity contribution in [3.8, 4) is 5.75 Å². The number of benzene rings is 2. The van der Waals surface area contributed by atoms with E-state index in [-0.39, 0.29) is 23.9 Å². The van der Waals surface area contributed by atoms with Gasteiger partial charge in [-0.1, -0.05) is 55.8 Å². The maximum atomic E-state index is 13.2. The van der Waals surface area contributed by atoms with E-state index in [0.29, 0.717) is 5.95 Å². The van der Waals surface area contributed by atoms with Crippen LogP contribution in [0.5, 0.6) is 5.75 Å². The van der Waals surface area contributed by atoms with Crippen LogP contribution >= 0.6 is 0 Å². The van der Waals surface area contributed by atoms with Crippen molar-refractivity contribution < 1.29 is 9.53 Å². The highest BCUT2D eigenvalue weighted by Gasteiger charge is 2.39. The van der Waals surface area contributed by atoms with Crippen molar-refractivity contribution in [2.75, 3.05) is 12.0 Å². The molecule has 0 spiro atoms. The molecule has 0 saturated heterocycles. The minimum absolute atomic E-state index is 0.0106. The van der Waals surface area contributed by atoms with Gasteiger partial charge in [-0.3, -0.25) is 9.69 Å². The van der Waals surface area contributed by atoms with Gasteiger partial charge < -0.3 is 4.74 Å². The number of carbonyl (C=O) groups excluding carboxylic acids is 1. The lowest BCUT2D eigenvalue weighted by molar-refractivity contribution is -0.122. The zero-order chi connectivity index (χ0) is 20.5. The van der Waals surface area contributed by atoms with Gasteiger partial charge in [-0.2, -0.15) is 10.1 Å². The Labute approximate surface area is 171 Å². The highest BCUT2D eigenvalue weighted by molar-refractivity contribution is 5.94. The maximum Gasteiger partial charge on any atom is 0.232 e. The monoisotopic (exact) mass is 390 g/mol. The van der Waals surface area contributed by atoms with Crippen molar-refractivity contribution in [3.05, 3.63) is 71.5 Å². The average molecular weight is 390 g/mol. The number of ether oxygens (including phenoxy) is 1. The van der Waals surface area contributed by atoms with E-state index in [2.05, 4.69) is 41.3 Å². The third-order valence-electron chi connectivity index (χ3n) is 5.52. The molecule has 0 radical (unpaired) electrons. The summed E-state index contributed by atoms with van der Waals surface area (Å²) in [6.07, 6.45) is 2.26. The van der Waals surface area contributed by atoms with Gasteiger partial charge in [0.05, 0.1) is 19.2 Å². The number of amides is 1. The molecule has 2 heterocycles. The predicted octanol–water partition coefficient (Wildman–Crippen LogP) is 4.32. The first kappa shape index (κ1) is 19.2. The molecule has 0 N–H and O–H groups in total. The normalized spacial score (nSPS) is 18.6. The van der Waals surface area contributed by atoms with Crippen molar-refractivity contribution in [2.45, 2.75) is 39.3 Å². The number of hydrogen-bond donors (Lipinski definition) is 0. The lowest BCUT2D eigenvalue weighted by atomic mass is 9.91. The molecule has 1 aliphatic heterocycles. The Kier molecular flexibility index (Phi) is 5.09. The average Bonchev–Trinajstić information content (AvgIpc) is 3.22. The molecule has 29 heavy (non-hydrogen) atoms. The summed E-state index contributed by atoms with van der Waals surface area (Å²) in [6.45, 7) is 5.91. The molecule has 6 heteroatoms. The fourth-order valence-corrected chi connectivity index (χ4v) is 3.90. The molecular formula is C23H26N4O2. The zero-order valence-corrected chi connectivity index (χ0v) is 17.2. The second-order valence-corrected chi connectivity index (χ2v) is 7.82. The highest BCUT2D eigenvalue weighted by atomic mass is 16.5. The van der Waals surface area contributed by atoms with E-state index in [0.717, 1.165) is 23.3 Å². The van der Waals surface area contributed by atoms with Crippen LogP contribution in [0.2, 0.25) is 0 Å². The first-order chi connectivity index (χ1) is 14.0. The van der Waals surface area contributed by atoms with Crippen LogP contribution in [0.1, 0.15) is 49.0 Å². The van der Waals surface area contributed by atoms with Crippen molar-refractivity contribution in [1.29, 1.82) is 0 Å². The number of nitrogens with zero attached hydrogens (tertiary/aromatic N) is 4. The summed E-state index contributed by atoms with van der Waals surface area (Å²) in [5.41, 5.74) is 3.44. The molecule has 0 fully saturated rings. The summed E-state index contributed by atoms with van der Waals surface area (Å²) in [4.78, 5) is 19.5. The van der Waals surface area contributed by atoms with Crippen molar-refractivity contribution >= 4 is 11.9 Å². The van der Waals surface area contributed by atoms with Crippen LogP contribution in [-0.4, -0.2) is 27.8 Å². The van der Waals surface area contributed by atoms with E-state index in [9.17, 15) is 4.79 Å². The van der Waals surface area contributed by atoms with Gasteiger partial charge in [-0.05, 0) is 36.6 Å². The van der Waals surface area contributed by atoms with Crippen molar-refractivity contribution in [3.63, 3.8) is 0 Å². The molecule has 6 nitrogen and oxygen atoms in total. The van der Waals surface area contributed by atoms with Crippen LogP contribution < -0.4 is 9.64 Å². The number of anilines is 1. The van der Waals surface area contributed by atoms with E-state index in [1.165, 1.54) is 11.9 Å². The molecule has 4 rings (SSSR count). The lowest BCUT2D eigenvalue weighted by Gasteiger charge is -2.40. The number of methoxy groups -OCH3 is 1. The van der Waals surface area contributed by atoms with Gasteiger partial charge in [-0.25, -0.2) is 4.68 Å². The Morgan fingerprint density at radius 3 is 2.28 bits per heavy atom. The molecule has 1 aromatic heterocycles. The third kappa shape index (κ3) is 3.50. The van der Waals surface area contributed by atoms with Crippen LogP contribution in [0, 0.1) is 12.8 Å². The van der Waals surface area contributed by atoms with Gasteiger partial charge in [0.2, 0.25) is 11.9 Å². The smallest absolute Gasteiger partial charge is 0.232 e. The van der Waals surface area contributed by atoms with Crippen LogP contribution in [0.15, 0.2) is 54.9 Å². The largest absolute Gasteiger partial charge is 0.497 e. The summed E-state index contributed by atoms with van der Waals surface area (Å²) < 4.78 is 7.19. The highest BCUT2D eigenvalue weighted by Crippen LogP contribution is 2.42. The maximum absolute atomic E-state index is 13.2. The Bertz CT molecular complexity index is 992. The molecule has 2 atom stereocenters. The van der Waals surface area contributed by atoms with Gasteiger partial charge in [0, 0.05) is 5.92 Å². The number of rotatable bonds is 4. The molecule has 1 amide bonds. The summed E-state index contributed by atoms with van der Waals surface area (Å²) in [5.74, 6) is 1.30. The Hall–Kier alpha value is -3.15. The molecule has 2 aromatic carbocycles. The lowest BCUT2D eigenvalue weighted by Crippen LogP contribution is -2.44. The van der Waals surface area contributed by atoms with Crippen molar-refractivity contribution in [2.24, 2.45) is 5.92 Å². The molecular weight excluding hydrogens is 364 g/mol. The first-order valence-electron chi connectivity index (χ1n) is 9.92. The zero-order valence-electron chi connectivity index (χ0n) is 17.2. The molecule has 1 aliphatic rings. The number of aryl methyl sites for hydroxylation is 1. The molecule has 0 bridgehead atoms. The molecule has 3 aromatic rings. The topological polar surface area (TPSA) is 60.2 Å².